The number of amides is 1. The van der Waals surface area contributed by atoms with E-state index in [1.165, 1.54) is 0 Å². The van der Waals surface area contributed by atoms with Gasteiger partial charge in [0.25, 0.3) is 5.91 Å². The molecule has 0 fully saturated rings. The highest BCUT2D eigenvalue weighted by Crippen LogP contribution is 2.23. The first-order valence-corrected chi connectivity index (χ1v) is 8.25. The van der Waals surface area contributed by atoms with Crippen LogP contribution in [0.5, 0.6) is 0 Å². The van der Waals surface area contributed by atoms with Gasteiger partial charge in [0, 0.05) is 23.9 Å². The highest BCUT2D eigenvalue weighted by molar-refractivity contribution is 6.32. The fraction of sp³-hybridized carbons (Fsp3) is 0.0500. The van der Waals surface area contributed by atoms with Crippen molar-refractivity contribution in [3.8, 4) is 0 Å². The Balaban J connectivity index is 1.82. The van der Waals surface area contributed by atoms with Crippen LogP contribution in [0.1, 0.15) is 21.5 Å². The minimum atomic E-state index is -0.309. The predicted molar refractivity (Wildman–Crippen MR) is 99.8 cm³/mol. The van der Waals surface area contributed by atoms with Crippen LogP contribution in [0.25, 0.3) is 0 Å². The van der Waals surface area contributed by atoms with Gasteiger partial charge in [-0.2, -0.15) is 4.99 Å². The standard InChI is InChI=1S/C20H14ClN3O/c21-16-10-11-18-22-19(23-20(25)14-6-2-1-3-7-14)17-9-5-4-8-15(17)12-24(18)13-16/h1-11,13H,12H2. The second-order valence-corrected chi connectivity index (χ2v) is 6.15. The number of aliphatic imine (C=N–C) groups is 2. The minimum absolute atomic E-state index is 0.309. The van der Waals surface area contributed by atoms with Gasteiger partial charge >= 0.3 is 0 Å². The van der Waals surface area contributed by atoms with Gasteiger partial charge in [-0.15, -0.1) is 0 Å². The Morgan fingerprint density at radius 3 is 2.64 bits per heavy atom. The summed E-state index contributed by atoms with van der Waals surface area (Å²) < 4.78 is 0. The molecule has 2 aromatic rings. The fourth-order valence-electron chi connectivity index (χ4n) is 2.79. The molecule has 0 saturated heterocycles. The lowest BCUT2D eigenvalue weighted by atomic mass is 10.1. The molecule has 2 aromatic carbocycles. The van der Waals surface area contributed by atoms with E-state index >= 15 is 0 Å². The van der Waals surface area contributed by atoms with Crippen LogP contribution < -0.4 is 0 Å². The molecule has 1 amide bonds. The highest BCUT2D eigenvalue weighted by Gasteiger charge is 2.21. The van der Waals surface area contributed by atoms with Crippen molar-refractivity contribution in [2.45, 2.75) is 6.54 Å². The molecule has 25 heavy (non-hydrogen) atoms. The summed E-state index contributed by atoms with van der Waals surface area (Å²) in [6, 6.07) is 16.8. The number of carbonyl (C=O) groups excluding carboxylic acids is 1. The van der Waals surface area contributed by atoms with Crippen LogP contribution in [0.2, 0.25) is 0 Å². The van der Waals surface area contributed by atoms with Gasteiger partial charge in [0.05, 0.1) is 5.03 Å². The van der Waals surface area contributed by atoms with E-state index < -0.39 is 0 Å². The molecule has 0 aliphatic carbocycles. The first-order chi connectivity index (χ1) is 12.2. The number of carbonyl (C=O) groups is 1. The van der Waals surface area contributed by atoms with Crippen molar-refractivity contribution < 1.29 is 4.79 Å². The number of amidine groups is 2. The zero-order valence-corrected chi connectivity index (χ0v) is 14.0. The van der Waals surface area contributed by atoms with E-state index in [4.69, 9.17) is 11.6 Å². The molecular formula is C20H14ClN3O. The summed E-state index contributed by atoms with van der Waals surface area (Å²) in [5.74, 6) is 0.815. The van der Waals surface area contributed by atoms with Crippen molar-refractivity contribution in [3.05, 3.63) is 94.7 Å². The van der Waals surface area contributed by atoms with Crippen LogP contribution in [-0.2, 0) is 6.54 Å². The number of allylic oxidation sites excluding steroid dienone is 2. The smallest absolute Gasteiger partial charge is 0.279 e. The van der Waals surface area contributed by atoms with Gasteiger partial charge in [0.1, 0.15) is 5.84 Å². The number of nitrogens with zero attached hydrogens (tertiary/aromatic N) is 3. The van der Waals surface area contributed by atoms with Crippen molar-refractivity contribution in [1.82, 2.24) is 4.90 Å². The molecular weight excluding hydrogens is 334 g/mol. The molecule has 0 unspecified atom stereocenters. The summed E-state index contributed by atoms with van der Waals surface area (Å²) in [6.07, 6.45) is 5.44. The van der Waals surface area contributed by atoms with Gasteiger partial charge in [0.2, 0.25) is 0 Å². The molecule has 4 nitrogen and oxygen atoms in total. The van der Waals surface area contributed by atoms with Crippen LogP contribution >= 0.6 is 11.6 Å². The molecule has 0 N–H and O–H groups in total. The van der Waals surface area contributed by atoms with E-state index in [2.05, 4.69) is 9.98 Å². The zero-order valence-electron chi connectivity index (χ0n) is 13.3. The Morgan fingerprint density at radius 2 is 1.80 bits per heavy atom. The Hall–Kier alpha value is -2.98. The largest absolute Gasteiger partial charge is 0.327 e. The van der Waals surface area contributed by atoms with Crippen LogP contribution in [0.3, 0.4) is 0 Å². The summed E-state index contributed by atoms with van der Waals surface area (Å²) in [5, 5.41) is 0.636. The molecule has 0 atom stereocenters. The average molecular weight is 348 g/mol. The van der Waals surface area contributed by atoms with Crippen molar-refractivity contribution in [1.29, 1.82) is 0 Å². The molecule has 0 saturated carbocycles. The average Bonchev–Trinajstić information content (AvgIpc) is 2.79. The molecule has 0 radical (unpaired) electrons. The maximum absolute atomic E-state index is 12.5. The number of rotatable bonds is 1. The quantitative estimate of drug-likeness (QED) is 0.778. The second-order valence-electron chi connectivity index (χ2n) is 5.71. The van der Waals surface area contributed by atoms with Crippen LogP contribution in [0.15, 0.2) is 88.0 Å². The third kappa shape index (κ3) is 3.16. The normalized spacial score (nSPS) is 17.3. The van der Waals surface area contributed by atoms with Crippen LogP contribution in [0.4, 0.5) is 0 Å². The van der Waals surface area contributed by atoms with Crippen molar-refractivity contribution in [2.75, 3.05) is 0 Å². The summed E-state index contributed by atoms with van der Waals surface area (Å²) in [4.78, 5) is 23.4. The maximum atomic E-state index is 12.5. The van der Waals surface area contributed by atoms with E-state index in [1.54, 1.807) is 18.2 Å². The van der Waals surface area contributed by atoms with Crippen LogP contribution in [0, 0.1) is 0 Å². The van der Waals surface area contributed by atoms with E-state index in [1.807, 2.05) is 59.6 Å². The zero-order chi connectivity index (χ0) is 17.2. The lowest BCUT2D eigenvalue weighted by Crippen LogP contribution is -2.25. The number of hydrogen-bond donors (Lipinski definition) is 0. The Labute approximate surface area is 150 Å². The van der Waals surface area contributed by atoms with E-state index in [-0.39, 0.29) is 5.91 Å². The van der Waals surface area contributed by atoms with E-state index in [0.29, 0.717) is 28.8 Å². The van der Waals surface area contributed by atoms with Gasteiger partial charge in [-0.25, -0.2) is 4.99 Å². The Bertz CT molecular complexity index is 958. The summed E-state index contributed by atoms with van der Waals surface area (Å²) in [7, 11) is 0. The van der Waals surface area contributed by atoms with Crippen LogP contribution in [-0.4, -0.2) is 22.5 Å². The maximum Gasteiger partial charge on any atom is 0.279 e. The van der Waals surface area contributed by atoms with Gasteiger partial charge < -0.3 is 4.90 Å². The first kappa shape index (κ1) is 15.5. The van der Waals surface area contributed by atoms with Gasteiger partial charge in [-0.1, -0.05) is 54.1 Å². The lowest BCUT2D eigenvalue weighted by Gasteiger charge is -2.21. The summed E-state index contributed by atoms with van der Waals surface area (Å²) in [6.45, 7) is 0.619. The fourth-order valence-corrected chi connectivity index (χ4v) is 2.97. The Morgan fingerprint density at radius 1 is 1.04 bits per heavy atom. The highest BCUT2D eigenvalue weighted by atomic mass is 35.5. The molecule has 5 heteroatoms. The Kier molecular flexibility index (Phi) is 4.04. The number of hydrogen-bond acceptors (Lipinski definition) is 2. The number of halogens is 1. The SMILES string of the molecule is O=C(N=C1N=C2C=CC(Cl)=CN2Cc2ccccc21)c1ccccc1. The third-order valence-electron chi connectivity index (χ3n) is 4.01. The molecule has 2 aliphatic rings. The molecule has 4 rings (SSSR count). The monoisotopic (exact) mass is 347 g/mol. The molecule has 2 aliphatic heterocycles. The molecule has 0 aromatic heterocycles. The van der Waals surface area contributed by atoms with Gasteiger partial charge in [0.15, 0.2) is 5.84 Å². The summed E-state index contributed by atoms with van der Waals surface area (Å²) >= 11 is 6.11. The molecule has 2 heterocycles. The number of fused-ring (bicyclic) bond motifs is 2. The molecule has 0 spiro atoms. The predicted octanol–water partition coefficient (Wildman–Crippen LogP) is 4.14. The minimum Gasteiger partial charge on any atom is -0.327 e. The number of benzene rings is 2. The summed E-state index contributed by atoms with van der Waals surface area (Å²) in [5.41, 5.74) is 2.43. The third-order valence-corrected chi connectivity index (χ3v) is 4.24. The van der Waals surface area contributed by atoms with Crippen molar-refractivity contribution >= 4 is 29.2 Å². The first-order valence-electron chi connectivity index (χ1n) is 7.88. The second kappa shape index (κ2) is 6.49. The van der Waals surface area contributed by atoms with Gasteiger partial charge in [-0.3, -0.25) is 4.79 Å². The lowest BCUT2D eigenvalue weighted by molar-refractivity contribution is 0.100. The molecule has 122 valence electrons. The van der Waals surface area contributed by atoms with Crippen molar-refractivity contribution in [2.24, 2.45) is 9.98 Å². The molecule has 0 bridgehead atoms. The van der Waals surface area contributed by atoms with E-state index in [9.17, 15) is 4.79 Å². The van der Waals surface area contributed by atoms with Gasteiger partial charge in [-0.05, 0) is 29.8 Å². The van der Waals surface area contributed by atoms with Crippen molar-refractivity contribution in [3.63, 3.8) is 0 Å². The topological polar surface area (TPSA) is 45.0 Å². The van der Waals surface area contributed by atoms with E-state index in [0.717, 1.165) is 11.1 Å².